The highest BCUT2D eigenvalue weighted by molar-refractivity contribution is 5.96. The second-order valence-corrected chi connectivity index (χ2v) is 7.30. The van der Waals surface area contributed by atoms with Gasteiger partial charge in [0.15, 0.2) is 0 Å². The van der Waals surface area contributed by atoms with Gasteiger partial charge in [0.05, 0.1) is 12.7 Å². The fourth-order valence-corrected chi connectivity index (χ4v) is 3.58. The Bertz CT molecular complexity index is 949. The molecule has 0 spiro atoms. The lowest BCUT2D eigenvalue weighted by Gasteiger charge is -2.33. The van der Waals surface area contributed by atoms with E-state index < -0.39 is 6.09 Å². The van der Waals surface area contributed by atoms with Crippen LogP contribution in [-0.4, -0.2) is 32.3 Å². The Kier molecular flexibility index (Phi) is 9.86. The molecule has 3 N–H and O–H groups in total. The largest absolute Gasteiger partial charge is 0.496 e. The third kappa shape index (κ3) is 7.21. The van der Waals surface area contributed by atoms with Crippen LogP contribution in [0.15, 0.2) is 67.3 Å². The van der Waals surface area contributed by atoms with Gasteiger partial charge in [-0.2, -0.15) is 0 Å². The predicted octanol–water partition coefficient (Wildman–Crippen LogP) is 4.21. The monoisotopic (exact) mass is 434 g/mol. The summed E-state index contributed by atoms with van der Waals surface area (Å²) in [6.45, 7) is 4.08. The van der Waals surface area contributed by atoms with Gasteiger partial charge in [-0.05, 0) is 30.5 Å². The molecule has 0 fully saturated rings. The minimum absolute atomic E-state index is 0.0879. The van der Waals surface area contributed by atoms with E-state index in [9.17, 15) is 9.59 Å². The van der Waals surface area contributed by atoms with Crippen LogP contribution in [0, 0.1) is 11.8 Å². The average molecular weight is 435 g/mol. The van der Waals surface area contributed by atoms with Crippen LogP contribution in [0.4, 0.5) is 4.79 Å². The van der Waals surface area contributed by atoms with Gasteiger partial charge in [0.25, 0.3) is 5.91 Å². The van der Waals surface area contributed by atoms with E-state index in [0.29, 0.717) is 17.9 Å². The van der Waals surface area contributed by atoms with Crippen molar-refractivity contribution in [3.8, 4) is 17.6 Å². The molecule has 1 aliphatic carbocycles. The summed E-state index contributed by atoms with van der Waals surface area (Å²) < 4.78 is 9.52. The van der Waals surface area contributed by atoms with E-state index >= 15 is 0 Å². The molecule has 0 aromatic heterocycles. The molecule has 1 aliphatic rings. The number of nitrogens with two attached hydrogens (primary N) is 1. The van der Waals surface area contributed by atoms with Crippen LogP contribution < -0.4 is 15.8 Å². The Morgan fingerprint density at radius 3 is 2.28 bits per heavy atom. The standard InChI is InChI=1S/C22H23NO2.C4H7NO2/c1-25-20-14-8-7-13-19(20)21(24)23-17-22(15-9-2-3-10-16-22)18-11-5-4-6-12-18;1-2-3-7-4(5)6/h4-8,11-14H,9-10,15-17H2,1H3,(H,23,24);2H,1,3H2,(H2,5,6). The first-order valence-electron chi connectivity index (χ1n) is 10.5. The second-order valence-electron chi connectivity index (χ2n) is 7.30. The summed E-state index contributed by atoms with van der Waals surface area (Å²) in [6.07, 6.45) is 4.32. The Morgan fingerprint density at radius 2 is 1.72 bits per heavy atom. The number of carbonyl (C=O) groups excluding carboxylic acids is 2. The molecule has 6 nitrogen and oxygen atoms in total. The maximum Gasteiger partial charge on any atom is 0.404 e. The molecule has 0 saturated carbocycles. The number of nitrogens with one attached hydrogen (secondary N) is 1. The van der Waals surface area contributed by atoms with Gasteiger partial charge in [-0.1, -0.05) is 55.1 Å². The van der Waals surface area contributed by atoms with Crippen molar-refractivity contribution in [2.45, 2.75) is 31.1 Å². The number of methoxy groups -OCH3 is 1. The topological polar surface area (TPSA) is 90.7 Å². The molecule has 168 valence electrons. The molecule has 3 rings (SSSR count). The SMILES string of the molecule is C=CCOC(N)=O.COc1ccccc1C(=O)NCC1(c2ccccc2)CCC#CCC1. The molecule has 6 heteroatoms. The number of rotatable bonds is 7. The van der Waals surface area contributed by atoms with E-state index in [1.165, 1.54) is 11.6 Å². The van der Waals surface area contributed by atoms with Crippen LogP contribution in [-0.2, 0) is 10.2 Å². The van der Waals surface area contributed by atoms with Gasteiger partial charge in [-0.3, -0.25) is 4.79 Å². The zero-order valence-electron chi connectivity index (χ0n) is 18.4. The van der Waals surface area contributed by atoms with E-state index in [0.717, 1.165) is 25.7 Å². The molecule has 2 aromatic rings. The van der Waals surface area contributed by atoms with E-state index in [4.69, 9.17) is 4.74 Å². The lowest BCUT2D eigenvalue weighted by Crippen LogP contribution is -2.40. The van der Waals surface area contributed by atoms with Crippen molar-refractivity contribution in [1.82, 2.24) is 5.32 Å². The summed E-state index contributed by atoms with van der Waals surface area (Å²) in [5.74, 6) is 6.95. The van der Waals surface area contributed by atoms with Crippen molar-refractivity contribution in [3.63, 3.8) is 0 Å². The Labute approximate surface area is 189 Å². The molecule has 0 aliphatic heterocycles. The van der Waals surface area contributed by atoms with Gasteiger partial charge in [-0.15, -0.1) is 11.8 Å². The molecule has 0 atom stereocenters. The van der Waals surface area contributed by atoms with Crippen LogP contribution in [0.1, 0.15) is 41.6 Å². The first kappa shape index (κ1) is 24.5. The molecular formula is C26H30N2O4. The summed E-state index contributed by atoms with van der Waals surface area (Å²) in [4.78, 5) is 22.4. The predicted molar refractivity (Wildman–Crippen MR) is 125 cm³/mol. The third-order valence-corrected chi connectivity index (χ3v) is 5.25. The zero-order valence-corrected chi connectivity index (χ0v) is 18.4. The maximum atomic E-state index is 12.7. The van der Waals surface area contributed by atoms with E-state index in [1.807, 2.05) is 18.2 Å². The molecule has 0 saturated heterocycles. The third-order valence-electron chi connectivity index (χ3n) is 5.25. The lowest BCUT2D eigenvalue weighted by atomic mass is 9.74. The summed E-state index contributed by atoms with van der Waals surface area (Å²) >= 11 is 0. The average Bonchev–Trinajstić information content (AvgIpc) is 3.09. The molecule has 0 heterocycles. The fraction of sp³-hybridized carbons (Fsp3) is 0.308. The number of hydrogen-bond acceptors (Lipinski definition) is 4. The van der Waals surface area contributed by atoms with E-state index in [1.54, 1.807) is 19.2 Å². The molecular weight excluding hydrogens is 404 g/mol. The van der Waals surface area contributed by atoms with Crippen molar-refractivity contribution in [2.24, 2.45) is 5.73 Å². The summed E-state index contributed by atoms with van der Waals surface area (Å²) in [6, 6.07) is 17.8. The zero-order chi connectivity index (χ0) is 23.2. The van der Waals surface area contributed by atoms with Gasteiger partial charge in [0.2, 0.25) is 0 Å². The number of ether oxygens (including phenoxy) is 2. The molecule has 0 unspecified atom stereocenters. The van der Waals surface area contributed by atoms with Gasteiger partial charge in [0, 0.05) is 24.8 Å². The molecule has 2 aromatic carbocycles. The number of amides is 2. The van der Waals surface area contributed by atoms with Gasteiger partial charge < -0.3 is 20.5 Å². The van der Waals surface area contributed by atoms with Crippen LogP contribution >= 0.6 is 0 Å². The smallest absolute Gasteiger partial charge is 0.404 e. The molecule has 32 heavy (non-hydrogen) atoms. The normalized spacial score (nSPS) is 13.7. The van der Waals surface area contributed by atoms with Gasteiger partial charge >= 0.3 is 6.09 Å². The summed E-state index contributed by atoms with van der Waals surface area (Å²) in [5.41, 5.74) is 6.31. The van der Waals surface area contributed by atoms with Crippen molar-refractivity contribution >= 4 is 12.0 Å². The van der Waals surface area contributed by atoms with Crippen LogP contribution in [0.3, 0.4) is 0 Å². The van der Waals surface area contributed by atoms with Crippen LogP contribution in [0.25, 0.3) is 0 Å². The van der Waals surface area contributed by atoms with Gasteiger partial charge in [-0.25, -0.2) is 4.79 Å². The highest BCUT2D eigenvalue weighted by Gasteiger charge is 2.32. The first-order valence-corrected chi connectivity index (χ1v) is 10.5. The number of primary amides is 1. The number of carbonyl (C=O) groups is 2. The fourth-order valence-electron chi connectivity index (χ4n) is 3.58. The van der Waals surface area contributed by atoms with Crippen molar-refractivity contribution in [1.29, 1.82) is 0 Å². The Morgan fingerprint density at radius 1 is 1.09 bits per heavy atom. The number of benzene rings is 2. The summed E-state index contributed by atoms with van der Waals surface area (Å²) in [5, 5.41) is 3.14. The minimum Gasteiger partial charge on any atom is -0.496 e. The second kappa shape index (κ2) is 12.9. The Balaban J connectivity index is 0.000000451. The van der Waals surface area contributed by atoms with E-state index in [-0.39, 0.29) is 17.9 Å². The van der Waals surface area contributed by atoms with Crippen LogP contribution in [0.2, 0.25) is 0 Å². The number of para-hydroxylation sites is 1. The minimum atomic E-state index is -0.764. The highest BCUT2D eigenvalue weighted by atomic mass is 16.5. The number of hydrogen-bond donors (Lipinski definition) is 2. The maximum absolute atomic E-state index is 12.7. The lowest BCUT2D eigenvalue weighted by molar-refractivity contribution is 0.0937. The van der Waals surface area contributed by atoms with Crippen molar-refractivity contribution in [2.75, 3.05) is 20.3 Å². The van der Waals surface area contributed by atoms with Crippen molar-refractivity contribution in [3.05, 3.63) is 78.4 Å². The first-order chi connectivity index (χ1) is 15.5. The van der Waals surface area contributed by atoms with Gasteiger partial charge in [0.1, 0.15) is 12.4 Å². The Hall–Kier alpha value is -3.72. The molecule has 0 bridgehead atoms. The van der Waals surface area contributed by atoms with Crippen molar-refractivity contribution < 1.29 is 19.1 Å². The van der Waals surface area contributed by atoms with Crippen LogP contribution in [0.5, 0.6) is 5.75 Å². The highest BCUT2D eigenvalue weighted by Crippen LogP contribution is 2.35. The molecule has 0 radical (unpaired) electrons. The quantitative estimate of drug-likeness (QED) is 0.505. The summed E-state index contributed by atoms with van der Waals surface area (Å²) in [7, 11) is 1.58. The van der Waals surface area contributed by atoms with E-state index in [2.05, 4.69) is 58.5 Å². The molecule has 2 amide bonds.